The lowest BCUT2D eigenvalue weighted by molar-refractivity contribution is 0.526. The fourth-order valence-electron chi connectivity index (χ4n) is 2.29. The second-order valence-corrected chi connectivity index (χ2v) is 8.72. The predicted molar refractivity (Wildman–Crippen MR) is 94.5 cm³/mol. The quantitative estimate of drug-likeness (QED) is 0.537. The summed E-state index contributed by atoms with van der Waals surface area (Å²) in [5.41, 5.74) is -0.538. The van der Waals surface area contributed by atoms with Crippen LogP contribution < -0.4 is 0 Å². The second-order valence-electron chi connectivity index (χ2n) is 5.81. The Hall–Kier alpha value is -1.52. The Labute approximate surface area is 138 Å². The van der Waals surface area contributed by atoms with E-state index >= 15 is 0 Å². The van der Waals surface area contributed by atoms with Crippen molar-refractivity contribution < 1.29 is 0 Å². The van der Waals surface area contributed by atoms with Crippen LogP contribution in [0.2, 0.25) is 0 Å². The van der Waals surface area contributed by atoms with Gasteiger partial charge in [-0.15, -0.1) is 0 Å². The third-order valence-corrected chi connectivity index (χ3v) is 7.02. The molecule has 0 radical (unpaired) electrons. The highest BCUT2D eigenvalue weighted by molar-refractivity contribution is 8.05. The van der Waals surface area contributed by atoms with E-state index in [2.05, 4.69) is 65.2 Å². The third kappa shape index (κ3) is 3.13. The topological polar surface area (TPSA) is 29.4 Å². The summed E-state index contributed by atoms with van der Waals surface area (Å²) in [5.74, 6) is 0. The molecule has 0 atom stereocenters. The number of hydrogen-bond donors (Lipinski definition) is 0. The Kier molecular flexibility index (Phi) is 4.41. The zero-order chi connectivity index (χ0) is 15.6. The molecule has 3 rings (SSSR count). The maximum Gasteiger partial charge on any atom is 0.179 e. The fraction of sp³-hybridized carbons (Fsp3) is 0.222. The van der Waals surface area contributed by atoms with Crippen LogP contribution in [0.25, 0.3) is 0 Å². The molecule has 2 aromatic rings. The highest BCUT2D eigenvalue weighted by Gasteiger charge is 2.33. The molecule has 0 spiro atoms. The van der Waals surface area contributed by atoms with Gasteiger partial charge < -0.3 is 0 Å². The predicted octanol–water partition coefficient (Wildman–Crippen LogP) is 5.64. The average molecular weight is 328 g/mol. The van der Waals surface area contributed by atoms with Crippen LogP contribution in [-0.4, -0.2) is 5.54 Å². The Bertz CT molecular complexity index is 679. The number of hydrogen-bond acceptors (Lipinski definition) is 3. The van der Waals surface area contributed by atoms with Crippen molar-refractivity contribution in [2.24, 2.45) is 5.18 Å². The molecule has 0 aliphatic carbocycles. The summed E-state index contributed by atoms with van der Waals surface area (Å²) in [7, 11) is -0.0763. The van der Waals surface area contributed by atoms with Crippen molar-refractivity contribution in [3.8, 4) is 0 Å². The summed E-state index contributed by atoms with van der Waals surface area (Å²) in [6.45, 7) is 3.73. The summed E-state index contributed by atoms with van der Waals surface area (Å²) in [6, 6.07) is 17.1. The molecule has 0 saturated heterocycles. The lowest BCUT2D eigenvalue weighted by Gasteiger charge is -2.17. The van der Waals surface area contributed by atoms with Gasteiger partial charge in [-0.3, -0.25) is 0 Å². The van der Waals surface area contributed by atoms with Crippen molar-refractivity contribution in [1.29, 1.82) is 0 Å². The Morgan fingerprint density at radius 3 is 2.14 bits per heavy atom. The molecule has 4 heteroatoms. The second kappa shape index (κ2) is 6.31. The van der Waals surface area contributed by atoms with Gasteiger partial charge >= 0.3 is 0 Å². The van der Waals surface area contributed by atoms with Gasteiger partial charge in [0.25, 0.3) is 0 Å². The molecule has 0 amide bonds. The van der Waals surface area contributed by atoms with Gasteiger partial charge in [0, 0.05) is 0 Å². The zero-order valence-corrected chi connectivity index (χ0v) is 14.3. The van der Waals surface area contributed by atoms with E-state index in [-0.39, 0.29) is 10.9 Å². The van der Waals surface area contributed by atoms with Crippen LogP contribution in [-0.2, 0) is 10.9 Å². The van der Waals surface area contributed by atoms with E-state index in [1.807, 2.05) is 25.6 Å². The SMILES string of the molecule is CC(C)(C/C=C/[S+]1c2ccccc2Sc2ccccc21)N=O. The first-order chi connectivity index (χ1) is 10.6. The molecular weight excluding hydrogens is 310 g/mol. The molecule has 0 unspecified atom stereocenters. The van der Waals surface area contributed by atoms with Gasteiger partial charge in [0.05, 0.1) is 20.7 Å². The zero-order valence-electron chi connectivity index (χ0n) is 12.7. The fourth-order valence-corrected chi connectivity index (χ4v) is 5.78. The highest BCUT2D eigenvalue weighted by Crippen LogP contribution is 2.45. The molecule has 1 heterocycles. The van der Waals surface area contributed by atoms with Gasteiger partial charge in [-0.05, 0) is 50.6 Å². The Morgan fingerprint density at radius 1 is 1.05 bits per heavy atom. The largest absolute Gasteiger partial charge is 0.179 e. The molecule has 1 aliphatic rings. The minimum atomic E-state index is -0.538. The number of nitrogens with zero attached hydrogens (tertiary/aromatic N) is 1. The van der Waals surface area contributed by atoms with E-state index in [9.17, 15) is 4.91 Å². The van der Waals surface area contributed by atoms with Crippen molar-refractivity contribution in [3.05, 3.63) is 64.9 Å². The molecule has 2 aromatic carbocycles. The number of rotatable bonds is 4. The molecule has 1 aliphatic heterocycles. The standard InChI is InChI=1S/C18H18NOS2/c1-18(2,19-20)12-7-13-22-16-10-5-3-8-14(16)21-15-9-4-6-11-17(15)22/h3-11,13H,12H2,1-2H3/q+1/b13-7+. The summed E-state index contributed by atoms with van der Waals surface area (Å²) in [6.07, 6.45) is 2.77. The van der Waals surface area contributed by atoms with E-state index < -0.39 is 5.54 Å². The molecule has 0 aromatic heterocycles. The number of nitroso groups, excluding NO2 is 1. The van der Waals surface area contributed by atoms with Crippen LogP contribution in [0.15, 0.2) is 84.8 Å². The van der Waals surface area contributed by atoms with Crippen molar-refractivity contribution in [3.63, 3.8) is 0 Å². The van der Waals surface area contributed by atoms with Crippen LogP contribution in [0.4, 0.5) is 0 Å². The van der Waals surface area contributed by atoms with E-state index in [4.69, 9.17) is 0 Å². The lowest BCUT2D eigenvalue weighted by atomic mass is 10.0. The van der Waals surface area contributed by atoms with E-state index in [0.717, 1.165) is 0 Å². The number of fused-ring (bicyclic) bond motifs is 2. The average Bonchev–Trinajstić information content (AvgIpc) is 2.54. The van der Waals surface area contributed by atoms with Gasteiger partial charge in [0.15, 0.2) is 9.79 Å². The van der Waals surface area contributed by atoms with Crippen LogP contribution >= 0.6 is 11.8 Å². The summed E-state index contributed by atoms with van der Waals surface area (Å²) >= 11 is 1.83. The molecule has 22 heavy (non-hydrogen) atoms. The molecule has 0 saturated carbocycles. The van der Waals surface area contributed by atoms with Crippen LogP contribution in [0.1, 0.15) is 20.3 Å². The van der Waals surface area contributed by atoms with Crippen molar-refractivity contribution in [2.75, 3.05) is 0 Å². The van der Waals surface area contributed by atoms with E-state index in [1.165, 1.54) is 19.6 Å². The van der Waals surface area contributed by atoms with Crippen molar-refractivity contribution in [2.45, 2.75) is 45.4 Å². The van der Waals surface area contributed by atoms with Crippen LogP contribution in [0, 0.1) is 4.91 Å². The third-order valence-electron chi connectivity index (χ3n) is 3.49. The van der Waals surface area contributed by atoms with Gasteiger partial charge in [-0.25, -0.2) is 0 Å². The molecule has 0 fully saturated rings. The minimum Gasteiger partial charge on any atom is -0.150 e. The Morgan fingerprint density at radius 2 is 1.59 bits per heavy atom. The molecule has 0 bridgehead atoms. The minimum absolute atomic E-state index is 0.0763. The Balaban J connectivity index is 1.96. The smallest absolute Gasteiger partial charge is 0.150 e. The lowest BCUT2D eigenvalue weighted by Crippen LogP contribution is -2.14. The summed E-state index contributed by atoms with van der Waals surface area (Å²) in [4.78, 5) is 16.2. The van der Waals surface area contributed by atoms with Gasteiger partial charge in [-0.2, -0.15) is 4.91 Å². The summed E-state index contributed by atoms with van der Waals surface area (Å²) < 4.78 is 0. The maximum atomic E-state index is 10.8. The van der Waals surface area contributed by atoms with E-state index in [0.29, 0.717) is 6.42 Å². The van der Waals surface area contributed by atoms with Crippen molar-refractivity contribution >= 4 is 22.7 Å². The molecular formula is C18H18NOS2+. The first-order valence-corrected chi connectivity index (χ1v) is 9.31. The first-order valence-electron chi connectivity index (χ1n) is 7.21. The monoisotopic (exact) mass is 328 g/mol. The van der Waals surface area contributed by atoms with Crippen LogP contribution in [0.5, 0.6) is 0 Å². The normalized spacial score (nSPS) is 14.6. The van der Waals surface area contributed by atoms with Gasteiger partial charge in [0.1, 0.15) is 10.9 Å². The van der Waals surface area contributed by atoms with Crippen LogP contribution in [0.3, 0.4) is 0 Å². The maximum absolute atomic E-state index is 10.8. The summed E-state index contributed by atoms with van der Waals surface area (Å²) in [5, 5.41) is 5.43. The number of benzene rings is 2. The van der Waals surface area contributed by atoms with Gasteiger partial charge in [-0.1, -0.05) is 41.2 Å². The first kappa shape index (κ1) is 15.4. The molecule has 0 N–H and O–H groups in total. The molecule has 2 nitrogen and oxygen atoms in total. The molecule has 112 valence electrons. The van der Waals surface area contributed by atoms with E-state index in [1.54, 1.807) is 0 Å². The van der Waals surface area contributed by atoms with Crippen molar-refractivity contribution in [1.82, 2.24) is 0 Å². The van der Waals surface area contributed by atoms with Gasteiger partial charge in [0.2, 0.25) is 0 Å². The highest BCUT2D eigenvalue weighted by atomic mass is 32.2.